The van der Waals surface area contributed by atoms with Gasteiger partial charge in [-0.05, 0) is 50.9 Å². The lowest BCUT2D eigenvalue weighted by Gasteiger charge is -2.63. The maximum atomic E-state index is 17.4. The molecule has 3 saturated carbocycles. The molecule has 6 nitrogen and oxygen atoms in total. The number of ether oxygens (including phenoxy) is 2. The molecule has 196 valence electrons. The van der Waals surface area contributed by atoms with Gasteiger partial charge in [0.2, 0.25) is 5.78 Å². The first kappa shape index (κ1) is 26.3. The standard InChI is InChI=1S/C28H41FO6/c1-6-23(32)34-16-22(31)28(35-24(33)7-2)17(3)14-20-19-12-11-18-10-8-9-13-25(18,4)27(19,29)21(30)15-26(20,28)5/h10,17,19-21,30H,6-9,11-16H2,1-5H3/t17-,19-,20-,21-,25-,26-,27-,28+/m0/s1. The minimum absolute atomic E-state index is 0.0162. The highest BCUT2D eigenvalue weighted by Gasteiger charge is 2.77. The maximum Gasteiger partial charge on any atom is 0.306 e. The third-order valence-electron chi connectivity index (χ3n) is 10.3. The van der Waals surface area contributed by atoms with E-state index in [4.69, 9.17) is 9.47 Å². The number of esters is 2. The van der Waals surface area contributed by atoms with E-state index in [1.54, 1.807) is 13.8 Å². The Labute approximate surface area is 208 Å². The van der Waals surface area contributed by atoms with Crippen LogP contribution in [0.2, 0.25) is 0 Å². The number of aliphatic hydroxyl groups excluding tert-OH is 1. The Bertz CT molecular complexity index is 930. The van der Waals surface area contributed by atoms with Gasteiger partial charge >= 0.3 is 11.9 Å². The molecular formula is C28H41FO6. The van der Waals surface area contributed by atoms with Crippen molar-refractivity contribution in [1.82, 2.24) is 0 Å². The predicted octanol–water partition coefficient (Wildman–Crippen LogP) is 4.86. The molecule has 0 radical (unpaired) electrons. The minimum atomic E-state index is -1.80. The molecule has 4 aliphatic rings. The molecule has 0 aromatic heterocycles. The van der Waals surface area contributed by atoms with E-state index in [1.807, 2.05) is 20.8 Å². The van der Waals surface area contributed by atoms with Gasteiger partial charge in [-0.2, -0.15) is 0 Å². The number of hydrogen-bond donors (Lipinski definition) is 1. The molecule has 0 aliphatic heterocycles. The number of fused-ring (bicyclic) bond motifs is 5. The van der Waals surface area contributed by atoms with Crippen LogP contribution in [0.5, 0.6) is 0 Å². The second-order valence-electron chi connectivity index (χ2n) is 11.7. The number of carbonyl (C=O) groups excluding carboxylic acids is 3. The van der Waals surface area contributed by atoms with Crippen LogP contribution in [-0.4, -0.2) is 46.8 Å². The molecule has 4 aliphatic carbocycles. The Morgan fingerprint density at radius 1 is 1.14 bits per heavy atom. The molecule has 1 N–H and O–H groups in total. The van der Waals surface area contributed by atoms with Gasteiger partial charge in [0.1, 0.15) is 5.67 Å². The van der Waals surface area contributed by atoms with Crippen molar-refractivity contribution in [2.75, 3.05) is 6.61 Å². The monoisotopic (exact) mass is 492 g/mol. The third kappa shape index (κ3) is 3.47. The molecule has 0 saturated heterocycles. The molecular weight excluding hydrogens is 451 g/mol. The van der Waals surface area contributed by atoms with Gasteiger partial charge in [-0.25, -0.2) is 4.39 Å². The lowest BCUT2D eigenvalue weighted by Crippen LogP contribution is -2.70. The lowest BCUT2D eigenvalue weighted by atomic mass is 9.44. The summed E-state index contributed by atoms with van der Waals surface area (Å²) in [7, 11) is 0. The fraction of sp³-hybridized carbons (Fsp3) is 0.821. The zero-order valence-corrected chi connectivity index (χ0v) is 21.8. The van der Waals surface area contributed by atoms with Gasteiger partial charge in [-0.15, -0.1) is 0 Å². The van der Waals surface area contributed by atoms with Crippen LogP contribution < -0.4 is 0 Å². The van der Waals surface area contributed by atoms with E-state index >= 15 is 4.39 Å². The number of halogens is 1. The zero-order chi connectivity index (χ0) is 25.8. The van der Waals surface area contributed by atoms with E-state index in [9.17, 15) is 19.5 Å². The van der Waals surface area contributed by atoms with E-state index < -0.39 is 64.4 Å². The summed E-state index contributed by atoms with van der Waals surface area (Å²) >= 11 is 0. The van der Waals surface area contributed by atoms with Crippen LogP contribution in [0.25, 0.3) is 0 Å². The number of rotatable bonds is 6. The molecule has 3 fully saturated rings. The number of aliphatic hydroxyl groups is 1. The number of carbonyl (C=O) groups is 3. The first-order valence-electron chi connectivity index (χ1n) is 13.4. The maximum absolute atomic E-state index is 17.4. The van der Waals surface area contributed by atoms with Crippen molar-refractivity contribution < 1.29 is 33.4 Å². The number of ketones is 1. The largest absolute Gasteiger partial charge is 0.457 e. The quantitative estimate of drug-likeness (QED) is 0.421. The van der Waals surface area contributed by atoms with Crippen LogP contribution in [0, 0.1) is 28.6 Å². The summed E-state index contributed by atoms with van der Waals surface area (Å²) in [4.78, 5) is 38.3. The smallest absolute Gasteiger partial charge is 0.306 e. The van der Waals surface area contributed by atoms with Crippen molar-refractivity contribution >= 4 is 17.7 Å². The highest BCUT2D eigenvalue weighted by Crippen LogP contribution is 2.72. The summed E-state index contributed by atoms with van der Waals surface area (Å²) in [6, 6.07) is 0. The van der Waals surface area contributed by atoms with Crippen LogP contribution in [0.4, 0.5) is 4.39 Å². The number of allylic oxidation sites excluding steroid dienone is 2. The molecule has 4 rings (SSSR count). The summed E-state index contributed by atoms with van der Waals surface area (Å²) in [5, 5.41) is 11.6. The summed E-state index contributed by atoms with van der Waals surface area (Å²) in [5.41, 5.74) is -3.97. The summed E-state index contributed by atoms with van der Waals surface area (Å²) in [5.74, 6) is -2.60. The summed E-state index contributed by atoms with van der Waals surface area (Å²) < 4.78 is 28.6. The van der Waals surface area contributed by atoms with Gasteiger partial charge in [0, 0.05) is 35.5 Å². The van der Waals surface area contributed by atoms with Gasteiger partial charge in [0.15, 0.2) is 12.2 Å². The summed E-state index contributed by atoms with van der Waals surface area (Å²) in [6.07, 6.45) is 5.53. The second-order valence-corrected chi connectivity index (χ2v) is 11.7. The fourth-order valence-electron chi connectivity index (χ4n) is 8.55. The average molecular weight is 493 g/mol. The Balaban J connectivity index is 1.79. The Hall–Kier alpha value is -1.76. The van der Waals surface area contributed by atoms with E-state index in [1.165, 1.54) is 0 Å². The van der Waals surface area contributed by atoms with E-state index in [-0.39, 0.29) is 25.2 Å². The Morgan fingerprint density at radius 2 is 1.83 bits per heavy atom. The lowest BCUT2D eigenvalue weighted by molar-refractivity contribution is -0.235. The molecule has 0 amide bonds. The van der Waals surface area contributed by atoms with Crippen molar-refractivity contribution in [2.24, 2.45) is 28.6 Å². The van der Waals surface area contributed by atoms with E-state index in [0.29, 0.717) is 19.3 Å². The second kappa shape index (κ2) is 8.97. The molecule has 35 heavy (non-hydrogen) atoms. The number of alkyl halides is 1. The van der Waals surface area contributed by atoms with Crippen molar-refractivity contribution in [2.45, 2.75) is 110 Å². The first-order chi connectivity index (χ1) is 16.4. The molecule has 0 aromatic carbocycles. The van der Waals surface area contributed by atoms with Crippen molar-refractivity contribution in [3.05, 3.63) is 11.6 Å². The van der Waals surface area contributed by atoms with Gasteiger partial charge in [0.05, 0.1) is 6.10 Å². The molecule has 7 heteroatoms. The van der Waals surface area contributed by atoms with Gasteiger partial charge in [-0.1, -0.05) is 46.3 Å². The molecule has 0 heterocycles. The molecule has 0 bridgehead atoms. The fourth-order valence-corrected chi connectivity index (χ4v) is 8.55. The van der Waals surface area contributed by atoms with Crippen molar-refractivity contribution in [3.8, 4) is 0 Å². The van der Waals surface area contributed by atoms with Crippen LogP contribution >= 0.6 is 0 Å². The van der Waals surface area contributed by atoms with Crippen LogP contribution in [0.3, 0.4) is 0 Å². The normalized spacial score (nSPS) is 44.4. The van der Waals surface area contributed by atoms with Crippen LogP contribution in [0.1, 0.15) is 92.4 Å². The Morgan fingerprint density at radius 3 is 2.49 bits per heavy atom. The zero-order valence-electron chi connectivity index (χ0n) is 21.8. The van der Waals surface area contributed by atoms with E-state index in [0.717, 1.165) is 24.8 Å². The molecule has 8 atom stereocenters. The minimum Gasteiger partial charge on any atom is -0.457 e. The van der Waals surface area contributed by atoms with Gasteiger partial charge in [-0.3, -0.25) is 14.4 Å². The molecule has 0 spiro atoms. The van der Waals surface area contributed by atoms with Crippen LogP contribution in [0.15, 0.2) is 11.6 Å². The van der Waals surface area contributed by atoms with Crippen molar-refractivity contribution in [1.29, 1.82) is 0 Å². The van der Waals surface area contributed by atoms with Crippen molar-refractivity contribution in [3.63, 3.8) is 0 Å². The number of Topliss-reactive ketones (excluding diaryl/α,β-unsaturated/α-hetero) is 1. The molecule has 0 aromatic rings. The van der Waals surface area contributed by atoms with Gasteiger partial charge < -0.3 is 14.6 Å². The predicted molar refractivity (Wildman–Crippen MR) is 128 cm³/mol. The molecule has 0 unspecified atom stereocenters. The SMILES string of the molecule is CCC(=O)OCC(=O)[C@]1(OC(=O)CC)[C@@H](C)C[C@H]2[C@@H]3CCC4=CCCC[C@]4(C)[C@@]3(F)[C@@H](O)C[C@@]21C. The topological polar surface area (TPSA) is 89.9 Å². The average Bonchev–Trinajstić information content (AvgIpc) is 3.04. The Kier molecular flexibility index (Phi) is 6.74. The highest BCUT2D eigenvalue weighted by atomic mass is 19.1. The first-order valence-corrected chi connectivity index (χ1v) is 13.4. The summed E-state index contributed by atoms with van der Waals surface area (Å²) in [6.45, 7) is 8.52. The van der Waals surface area contributed by atoms with Gasteiger partial charge in [0.25, 0.3) is 0 Å². The number of hydrogen-bond acceptors (Lipinski definition) is 6. The highest BCUT2D eigenvalue weighted by molar-refractivity contribution is 5.93. The third-order valence-corrected chi connectivity index (χ3v) is 10.3. The van der Waals surface area contributed by atoms with Crippen LogP contribution in [-0.2, 0) is 23.9 Å². The van der Waals surface area contributed by atoms with E-state index in [2.05, 4.69) is 6.08 Å².